The van der Waals surface area contributed by atoms with Crippen molar-refractivity contribution >= 4 is 44.6 Å². The number of rotatable bonds is 6. The first-order valence-corrected chi connectivity index (χ1v) is 12.3. The van der Waals surface area contributed by atoms with Gasteiger partial charge < -0.3 is 10.6 Å². The molecule has 4 heterocycles. The van der Waals surface area contributed by atoms with Crippen LogP contribution >= 0.6 is 22.9 Å². The van der Waals surface area contributed by atoms with E-state index in [0.29, 0.717) is 59.5 Å². The summed E-state index contributed by atoms with van der Waals surface area (Å²) in [6.07, 6.45) is 3.86. The Bertz CT molecular complexity index is 1170. The minimum absolute atomic E-state index is 0. The summed E-state index contributed by atoms with van der Waals surface area (Å²) in [5.41, 5.74) is 1.10. The SMILES string of the molecule is O=S(=O)(c1ccc(-c2ncc(Cl)c(Nc3cc(C4CC4)[nH]n3)n2)s1)N1CCNCC1.[HH]. The average Bonchev–Trinajstić information content (AvgIpc) is 3.29. The minimum atomic E-state index is -3.52. The summed E-state index contributed by atoms with van der Waals surface area (Å²) in [7, 11) is -3.52. The first-order valence-electron chi connectivity index (χ1n) is 9.66. The van der Waals surface area contributed by atoms with Crippen molar-refractivity contribution in [3.63, 3.8) is 0 Å². The number of thiophene rings is 1. The molecule has 2 aliphatic rings. The molecular weight excluding hydrogens is 446 g/mol. The van der Waals surface area contributed by atoms with Gasteiger partial charge in [0.1, 0.15) is 9.23 Å². The van der Waals surface area contributed by atoms with E-state index < -0.39 is 10.0 Å². The molecule has 12 heteroatoms. The summed E-state index contributed by atoms with van der Waals surface area (Å²) in [6, 6.07) is 5.30. The molecule has 3 N–H and O–H groups in total. The molecule has 9 nitrogen and oxygen atoms in total. The third-order valence-corrected chi connectivity index (χ3v) is 8.80. The molecule has 0 spiro atoms. The number of hydrogen-bond donors (Lipinski definition) is 3. The number of anilines is 2. The normalized spacial score (nSPS) is 17.9. The van der Waals surface area contributed by atoms with Gasteiger partial charge in [0.15, 0.2) is 17.5 Å². The Hall–Kier alpha value is -2.05. The summed E-state index contributed by atoms with van der Waals surface area (Å²) in [5, 5.41) is 13.9. The van der Waals surface area contributed by atoms with Crippen LogP contribution in [0.5, 0.6) is 0 Å². The molecule has 3 aromatic rings. The van der Waals surface area contributed by atoms with Crippen LogP contribution in [-0.4, -0.2) is 59.1 Å². The van der Waals surface area contributed by atoms with Crippen molar-refractivity contribution < 1.29 is 9.84 Å². The van der Waals surface area contributed by atoms with E-state index in [1.54, 1.807) is 12.1 Å². The van der Waals surface area contributed by atoms with Gasteiger partial charge in [-0.05, 0) is 25.0 Å². The second kappa shape index (κ2) is 7.89. The maximum Gasteiger partial charge on any atom is 0.252 e. The molecule has 0 atom stereocenters. The number of nitrogens with zero attached hydrogens (tertiary/aromatic N) is 4. The van der Waals surface area contributed by atoms with E-state index in [4.69, 9.17) is 11.6 Å². The Kier molecular flexibility index (Phi) is 5.23. The van der Waals surface area contributed by atoms with Gasteiger partial charge in [0, 0.05) is 45.3 Å². The van der Waals surface area contributed by atoms with E-state index in [0.717, 1.165) is 17.0 Å². The van der Waals surface area contributed by atoms with Crippen LogP contribution in [0.1, 0.15) is 25.9 Å². The smallest absolute Gasteiger partial charge is 0.252 e. The van der Waals surface area contributed by atoms with Gasteiger partial charge in [-0.2, -0.15) is 9.40 Å². The standard InChI is InChI=1S/C18H20ClN7O2S2.H2/c19-12-10-21-18(23-17(12)22-15-9-13(24-25-15)11-1-2-11)14-3-4-16(29-14)30(27,28)26-7-5-20-6-8-26;/h3-4,9-11,20H,1-2,5-8H2,(H2,21,22,23,24,25);1H. The van der Waals surface area contributed by atoms with Crippen LogP contribution < -0.4 is 10.6 Å². The second-order valence-electron chi connectivity index (χ2n) is 7.27. The number of aromatic nitrogens is 4. The summed E-state index contributed by atoms with van der Waals surface area (Å²) in [4.78, 5) is 9.44. The van der Waals surface area contributed by atoms with E-state index >= 15 is 0 Å². The Morgan fingerprint density at radius 1 is 1.27 bits per heavy atom. The van der Waals surface area contributed by atoms with Crippen molar-refractivity contribution in [1.82, 2.24) is 29.8 Å². The number of halogens is 1. The lowest BCUT2D eigenvalue weighted by molar-refractivity contribution is 0.361. The largest absolute Gasteiger partial charge is 0.322 e. The monoisotopic (exact) mass is 467 g/mol. The topological polar surface area (TPSA) is 116 Å². The summed E-state index contributed by atoms with van der Waals surface area (Å²) < 4.78 is 27.5. The zero-order chi connectivity index (χ0) is 20.7. The second-order valence-corrected chi connectivity index (χ2v) is 10.9. The van der Waals surface area contributed by atoms with E-state index in [1.165, 1.54) is 23.3 Å². The predicted octanol–water partition coefficient (Wildman–Crippen LogP) is 3.04. The van der Waals surface area contributed by atoms with Gasteiger partial charge in [-0.3, -0.25) is 5.10 Å². The van der Waals surface area contributed by atoms with Gasteiger partial charge in [0.2, 0.25) is 0 Å². The number of hydrogen-bond acceptors (Lipinski definition) is 8. The molecule has 1 saturated heterocycles. The molecule has 0 amide bonds. The van der Waals surface area contributed by atoms with Gasteiger partial charge in [0.05, 0.1) is 11.1 Å². The number of piperazine rings is 1. The van der Waals surface area contributed by atoms with Crippen LogP contribution in [0.3, 0.4) is 0 Å². The average molecular weight is 468 g/mol. The molecule has 1 aliphatic carbocycles. The first-order chi connectivity index (χ1) is 14.5. The van der Waals surface area contributed by atoms with Crippen molar-refractivity contribution in [2.75, 3.05) is 31.5 Å². The molecule has 1 saturated carbocycles. The number of aromatic amines is 1. The van der Waals surface area contributed by atoms with Crippen molar-refractivity contribution in [2.24, 2.45) is 0 Å². The van der Waals surface area contributed by atoms with Crippen molar-refractivity contribution in [2.45, 2.75) is 23.0 Å². The summed E-state index contributed by atoms with van der Waals surface area (Å²) in [5.74, 6) is 2.03. The van der Waals surface area contributed by atoms with Gasteiger partial charge in [-0.1, -0.05) is 11.6 Å². The lowest BCUT2D eigenvalue weighted by atomic mass is 10.3. The first kappa shape index (κ1) is 19.9. The molecule has 5 rings (SSSR count). The molecule has 2 fully saturated rings. The number of H-pyrrole nitrogens is 1. The highest BCUT2D eigenvalue weighted by Gasteiger charge is 2.28. The van der Waals surface area contributed by atoms with Gasteiger partial charge in [-0.25, -0.2) is 18.4 Å². The molecule has 1 aliphatic heterocycles. The fourth-order valence-corrected chi connectivity index (χ4v) is 6.27. The van der Waals surface area contributed by atoms with Gasteiger partial charge >= 0.3 is 0 Å². The van der Waals surface area contributed by atoms with Crippen molar-refractivity contribution in [3.8, 4) is 10.7 Å². The fraction of sp³-hybridized carbons (Fsp3) is 0.389. The highest BCUT2D eigenvalue weighted by Crippen LogP contribution is 2.40. The molecule has 3 aromatic heterocycles. The van der Waals surface area contributed by atoms with E-state index in [9.17, 15) is 8.42 Å². The maximum atomic E-state index is 12.9. The lowest BCUT2D eigenvalue weighted by Gasteiger charge is -2.25. The third kappa shape index (κ3) is 3.95. The van der Waals surface area contributed by atoms with Gasteiger partial charge in [-0.15, -0.1) is 11.3 Å². The molecule has 0 aromatic carbocycles. The molecule has 0 bridgehead atoms. The zero-order valence-electron chi connectivity index (χ0n) is 15.9. The lowest BCUT2D eigenvalue weighted by Crippen LogP contribution is -2.46. The molecule has 160 valence electrons. The van der Waals surface area contributed by atoms with Crippen LogP contribution in [0.25, 0.3) is 10.7 Å². The Morgan fingerprint density at radius 3 is 2.83 bits per heavy atom. The zero-order valence-corrected chi connectivity index (χ0v) is 18.3. The predicted molar refractivity (Wildman–Crippen MR) is 118 cm³/mol. The van der Waals surface area contributed by atoms with Crippen molar-refractivity contribution in [1.29, 1.82) is 0 Å². The number of nitrogens with one attached hydrogen (secondary N) is 3. The highest BCUT2D eigenvalue weighted by atomic mass is 35.5. The number of sulfonamides is 1. The molecule has 0 radical (unpaired) electrons. The molecular formula is C18H22ClN7O2S2. The van der Waals surface area contributed by atoms with E-state index in [1.807, 2.05) is 6.07 Å². The Morgan fingerprint density at radius 2 is 2.07 bits per heavy atom. The van der Waals surface area contributed by atoms with Crippen LogP contribution in [-0.2, 0) is 10.0 Å². The molecule has 30 heavy (non-hydrogen) atoms. The third-order valence-electron chi connectivity index (χ3n) is 5.08. The summed E-state index contributed by atoms with van der Waals surface area (Å²) in [6.45, 7) is 2.24. The Labute approximate surface area is 184 Å². The van der Waals surface area contributed by atoms with Crippen LogP contribution in [0.15, 0.2) is 28.6 Å². The van der Waals surface area contributed by atoms with Gasteiger partial charge in [0.25, 0.3) is 10.0 Å². The summed E-state index contributed by atoms with van der Waals surface area (Å²) >= 11 is 7.42. The van der Waals surface area contributed by atoms with Crippen LogP contribution in [0.4, 0.5) is 11.6 Å². The molecule has 0 unspecified atom stereocenters. The van der Waals surface area contributed by atoms with E-state index in [2.05, 4.69) is 30.8 Å². The van der Waals surface area contributed by atoms with E-state index in [-0.39, 0.29) is 5.64 Å². The van der Waals surface area contributed by atoms with Crippen LogP contribution in [0, 0.1) is 0 Å². The highest BCUT2D eigenvalue weighted by molar-refractivity contribution is 7.91. The fourth-order valence-electron chi connectivity index (χ4n) is 3.29. The van der Waals surface area contributed by atoms with Crippen molar-refractivity contribution in [3.05, 3.63) is 35.1 Å². The minimum Gasteiger partial charge on any atom is -0.322 e. The quantitative estimate of drug-likeness (QED) is 0.510. The maximum absolute atomic E-state index is 12.9. The van der Waals surface area contributed by atoms with Crippen LogP contribution in [0.2, 0.25) is 5.02 Å². The Balaban J connectivity index is 0.00000231.